The third-order valence-corrected chi connectivity index (χ3v) is 6.85. The summed E-state index contributed by atoms with van der Waals surface area (Å²) in [6.07, 6.45) is 1.01. The molecule has 5 rings (SSSR count). The molecule has 2 aliphatic rings. The normalized spacial score (nSPS) is 21.1. The van der Waals surface area contributed by atoms with Gasteiger partial charge in [0.25, 0.3) is 0 Å². The van der Waals surface area contributed by atoms with Gasteiger partial charge in [0.2, 0.25) is 0 Å². The maximum atomic E-state index is 5.77. The van der Waals surface area contributed by atoms with Gasteiger partial charge in [-0.3, -0.25) is 4.90 Å². The van der Waals surface area contributed by atoms with Gasteiger partial charge in [0.15, 0.2) is 0 Å². The van der Waals surface area contributed by atoms with Crippen LogP contribution in [-0.4, -0.2) is 67.0 Å². The second kappa shape index (κ2) is 8.98. The maximum Gasteiger partial charge on any atom is 0.146 e. The van der Waals surface area contributed by atoms with Crippen LogP contribution in [0.15, 0.2) is 35.7 Å². The van der Waals surface area contributed by atoms with Gasteiger partial charge in [-0.05, 0) is 18.9 Å². The maximum absolute atomic E-state index is 5.77. The molecule has 0 unspecified atom stereocenters. The van der Waals surface area contributed by atoms with Crippen molar-refractivity contribution in [3.05, 3.63) is 41.5 Å². The molecule has 6 nitrogen and oxygen atoms in total. The third-order valence-electron chi connectivity index (χ3n) is 5.97. The number of hydrogen-bond acceptors (Lipinski definition) is 7. The number of morpholine rings is 1. The Balaban J connectivity index is 1.61. The second-order valence-electron chi connectivity index (χ2n) is 7.99. The highest BCUT2D eigenvalue weighted by atomic mass is 32.1. The van der Waals surface area contributed by atoms with Crippen LogP contribution < -0.4 is 4.90 Å². The Bertz CT molecular complexity index is 988. The number of aromatic nitrogens is 2. The van der Waals surface area contributed by atoms with Crippen LogP contribution >= 0.6 is 11.3 Å². The van der Waals surface area contributed by atoms with Crippen molar-refractivity contribution in [3.8, 4) is 11.1 Å². The lowest BCUT2D eigenvalue weighted by Gasteiger charge is -2.30. The smallest absolute Gasteiger partial charge is 0.146 e. The summed E-state index contributed by atoms with van der Waals surface area (Å²) in [6, 6.07) is 11.0. The first-order valence-corrected chi connectivity index (χ1v) is 11.7. The molecule has 1 aromatic carbocycles. The predicted octanol–water partition coefficient (Wildman–Crippen LogP) is 3.81. The Hall–Kier alpha value is -2.06. The van der Waals surface area contributed by atoms with E-state index in [1.54, 1.807) is 11.3 Å². The molecule has 0 radical (unpaired) electrons. The molecule has 158 valence electrons. The number of fused-ring (bicyclic) bond motifs is 1. The van der Waals surface area contributed by atoms with Crippen molar-refractivity contribution >= 4 is 27.4 Å². The highest BCUT2D eigenvalue weighted by Crippen LogP contribution is 2.39. The number of anilines is 1. The van der Waals surface area contributed by atoms with E-state index in [0.717, 1.165) is 75.5 Å². The summed E-state index contributed by atoms with van der Waals surface area (Å²) in [5.74, 6) is 1.96. The summed E-state index contributed by atoms with van der Waals surface area (Å²) in [5.41, 5.74) is 2.44. The molecule has 0 saturated carbocycles. The molecular formula is C23H28N4O2S. The lowest BCUT2D eigenvalue weighted by molar-refractivity contribution is 0.0331. The van der Waals surface area contributed by atoms with Crippen LogP contribution in [0.4, 0.5) is 5.82 Å². The first kappa shape index (κ1) is 19.9. The molecule has 2 aliphatic heterocycles. The van der Waals surface area contributed by atoms with Crippen LogP contribution in [0.25, 0.3) is 21.3 Å². The van der Waals surface area contributed by atoms with Gasteiger partial charge < -0.3 is 14.4 Å². The number of ether oxygens (including phenoxy) is 2. The quantitative estimate of drug-likeness (QED) is 0.635. The minimum absolute atomic E-state index is 0.380. The van der Waals surface area contributed by atoms with Crippen molar-refractivity contribution in [2.45, 2.75) is 25.9 Å². The van der Waals surface area contributed by atoms with Crippen LogP contribution in [0.3, 0.4) is 0 Å². The number of hydrogen-bond donors (Lipinski definition) is 0. The van der Waals surface area contributed by atoms with Crippen molar-refractivity contribution in [2.75, 3.05) is 51.0 Å². The number of nitrogens with zero attached hydrogens (tertiary/aromatic N) is 4. The molecule has 0 amide bonds. The van der Waals surface area contributed by atoms with Crippen LogP contribution in [0, 0.1) is 0 Å². The lowest BCUT2D eigenvalue weighted by Crippen LogP contribution is -2.37. The van der Waals surface area contributed by atoms with Gasteiger partial charge in [-0.2, -0.15) is 0 Å². The highest BCUT2D eigenvalue weighted by molar-refractivity contribution is 7.17. The molecule has 4 heterocycles. The summed E-state index contributed by atoms with van der Waals surface area (Å²) in [5, 5.41) is 3.40. The molecule has 0 spiro atoms. The van der Waals surface area contributed by atoms with E-state index in [9.17, 15) is 0 Å². The molecule has 7 heteroatoms. The van der Waals surface area contributed by atoms with E-state index in [4.69, 9.17) is 19.4 Å². The Morgan fingerprint density at radius 1 is 1.00 bits per heavy atom. The first-order chi connectivity index (χ1) is 14.8. The zero-order valence-corrected chi connectivity index (χ0v) is 18.2. The van der Waals surface area contributed by atoms with E-state index < -0.39 is 0 Å². The topological polar surface area (TPSA) is 50.7 Å². The molecule has 0 aliphatic carbocycles. The van der Waals surface area contributed by atoms with Gasteiger partial charge in [0.1, 0.15) is 16.5 Å². The van der Waals surface area contributed by atoms with Gasteiger partial charge >= 0.3 is 0 Å². The van der Waals surface area contributed by atoms with Crippen molar-refractivity contribution < 1.29 is 9.47 Å². The summed E-state index contributed by atoms with van der Waals surface area (Å²) in [6.45, 7) is 8.88. The molecular weight excluding hydrogens is 396 g/mol. The van der Waals surface area contributed by atoms with Gasteiger partial charge in [-0.15, -0.1) is 11.3 Å². The van der Waals surface area contributed by atoms with Crippen LogP contribution in [0.5, 0.6) is 0 Å². The van der Waals surface area contributed by atoms with E-state index in [-0.39, 0.29) is 0 Å². The van der Waals surface area contributed by atoms with Gasteiger partial charge in [0.05, 0.1) is 31.8 Å². The summed E-state index contributed by atoms with van der Waals surface area (Å²) < 4.78 is 11.3. The molecule has 0 bridgehead atoms. The number of thiophene rings is 1. The monoisotopic (exact) mass is 424 g/mol. The van der Waals surface area contributed by atoms with Crippen LogP contribution in [0.1, 0.15) is 19.2 Å². The largest absolute Gasteiger partial charge is 0.380 e. The van der Waals surface area contributed by atoms with Crippen molar-refractivity contribution in [1.29, 1.82) is 0 Å². The second-order valence-corrected chi connectivity index (χ2v) is 8.85. The minimum Gasteiger partial charge on any atom is -0.380 e. The average molecular weight is 425 g/mol. The van der Waals surface area contributed by atoms with Gasteiger partial charge in [0, 0.05) is 43.2 Å². The Kier molecular flexibility index (Phi) is 5.95. The molecule has 1 atom stereocenters. The van der Waals surface area contributed by atoms with E-state index in [0.29, 0.717) is 6.04 Å². The van der Waals surface area contributed by atoms with Gasteiger partial charge in [-0.25, -0.2) is 9.97 Å². The zero-order valence-electron chi connectivity index (χ0n) is 17.4. The van der Waals surface area contributed by atoms with Crippen LogP contribution in [-0.2, 0) is 16.0 Å². The van der Waals surface area contributed by atoms with Crippen molar-refractivity contribution in [2.24, 2.45) is 0 Å². The van der Waals surface area contributed by atoms with E-state index in [2.05, 4.69) is 52.4 Å². The Morgan fingerprint density at radius 2 is 1.77 bits per heavy atom. The molecule has 30 heavy (non-hydrogen) atoms. The molecule has 0 N–H and O–H groups in total. The highest BCUT2D eigenvalue weighted by Gasteiger charge is 2.25. The fraction of sp³-hybridized carbons (Fsp3) is 0.478. The van der Waals surface area contributed by atoms with E-state index in [1.165, 1.54) is 16.5 Å². The van der Waals surface area contributed by atoms with E-state index in [1.807, 2.05) is 0 Å². The van der Waals surface area contributed by atoms with Crippen molar-refractivity contribution in [3.63, 3.8) is 0 Å². The SMILES string of the molecule is C[C@H]1CCOCCN1c1nc(CN2CCOCC2)nc2scc(-c3ccccc3)c12. The number of rotatable bonds is 4. The molecule has 2 aromatic heterocycles. The number of benzene rings is 1. The lowest BCUT2D eigenvalue weighted by atomic mass is 10.1. The Labute approximate surface area is 181 Å². The van der Waals surface area contributed by atoms with E-state index >= 15 is 0 Å². The van der Waals surface area contributed by atoms with Crippen LogP contribution in [0.2, 0.25) is 0 Å². The standard InChI is InChI=1S/C23H28N4O2S/c1-17-7-11-28-14-10-27(17)22-21-19(18-5-3-2-4-6-18)16-30-23(21)25-20(24-22)15-26-8-12-29-13-9-26/h2-6,16-17H,7-15H2,1H3/t17-/m0/s1. The first-order valence-electron chi connectivity index (χ1n) is 10.8. The fourth-order valence-corrected chi connectivity index (χ4v) is 5.20. The third kappa shape index (κ3) is 4.07. The zero-order chi connectivity index (χ0) is 20.3. The summed E-state index contributed by atoms with van der Waals surface area (Å²) in [7, 11) is 0. The van der Waals surface area contributed by atoms with Gasteiger partial charge in [-0.1, -0.05) is 30.3 Å². The summed E-state index contributed by atoms with van der Waals surface area (Å²) >= 11 is 1.72. The Morgan fingerprint density at radius 3 is 2.60 bits per heavy atom. The molecule has 2 saturated heterocycles. The predicted molar refractivity (Wildman–Crippen MR) is 121 cm³/mol. The molecule has 2 fully saturated rings. The fourth-order valence-electron chi connectivity index (χ4n) is 4.24. The van der Waals surface area contributed by atoms with Crippen molar-refractivity contribution in [1.82, 2.24) is 14.9 Å². The average Bonchev–Trinajstić information content (AvgIpc) is 3.09. The molecule has 3 aromatic rings. The summed E-state index contributed by atoms with van der Waals surface area (Å²) in [4.78, 5) is 16.0. The minimum atomic E-state index is 0.380.